The lowest BCUT2D eigenvalue weighted by Gasteiger charge is -2.23. The van der Waals surface area contributed by atoms with Crippen molar-refractivity contribution in [2.24, 2.45) is 0 Å². The molecule has 2 aromatic carbocycles. The van der Waals surface area contributed by atoms with Gasteiger partial charge in [0, 0.05) is 12.6 Å². The predicted molar refractivity (Wildman–Crippen MR) is 146 cm³/mol. The van der Waals surface area contributed by atoms with Gasteiger partial charge >= 0.3 is 0 Å². The Morgan fingerprint density at radius 1 is 1.12 bits per heavy atom. The van der Waals surface area contributed by atoms with E-state index >= 15 is 0 Å². The highest BCUT2D eigenvalue weighted by molar-refractivity contribution is 5.97. The van der Waals surface area contributed by atoms with Crippen molar-refractivity contribution in [3.05, 3.63) is 130 Å². The van der Waals surface area contributed by atoms with Crippen LogP contribution in [0.25, 0.3) is 0 Å². The van der Waals surface area contributed by atoms with Gasteiger partial charge in [-0.15, -0.1) is 0 Å². The third kappa shape index (κ3) is 6.35. The smallest absolute Gasteiger partial charge is 0.270 e. The normalized spacial score (nSPS) is 15.0. The summed E-state index contributed by atoms with van der Waals surface area (Å²) in [6, 6.07) is 12.3. The molecule has 0 fully saturated rings. The van der Waals surface area contributed by atoms with Crippen LogP contribution in [-0.4, -0.2) is 21.8 Å². The Balaban J connectivity index is 1.61. The maximum absolute atomic E-state index is 14.2. The summed E-state index contributed by atoms with van der Waals surface area (Å²) in [6.45, 7) is 6.97. The van der Waals surface area contributed by atoms with E-state index < -0.39 is 23.7 Å². The summed E-state index contributed by atoms with van der Waals surface area (Å²) in [5.41, 5.74) is 4.43. The summed E-state index contributed by atoms with van der Waals surface area (Å²) >= 11 is 0. The molecule has 1 atom stereocenters. The molecule has 0 aliphatic heterocycles. The van der Waals surface area contributed by atoms with Crippen LogP contribution in [0.4, 0.5) is 8.78 Å². The molecule has 0 saturated carbocycles. The molecule has 0 spiro atoms. The van der Waals surface area contributed by atoms with Crippen LogP contribution in [0.1, 0.15) is 68.2 Å². The van der Waals surface area contributed by atoms with E-state index in [0.717, 1.165) is 23.0 Å². The van der Waals surface area contributed by atoms with E-state index in [0.29, 0.717) is 35.1 Å². The van der Waals surface area contributed by atoms with E-state index in [9.17, 15) is 23.6 Å². The Kier molecular flexibility index (Phi) is 8.60. The second-order valence-electron chi connectivity index (χ2n) is 9.40. The number of aromatic nitrogens is 2. The van der Waals surface area contributed by atoms with Crippen molar-refractivity contribution in [2.75, 3.05) is 0 Å². The molecule has 202 valence electrons. The van der Waals surface area contributed by atoms with E-state index in [2.05, 4.69) is 33.2 Å². The van der Waals surface area contributed by atoms with Gasteiger partial charge in [0.15, 0.2) is 0 Å². The number of rotatable bonds is 7. The standard InChI is InChI=1S/C31H27F2N5O2/c1-4-22-7-8-23-13-20(15-34)5-9-24(23)29(25(22)12-19(3)32)38-31(40)28-14-27(36-17-37-28)30(39)35-16-21-6-10-26(33)18(2)11-21/h4-6,9-14,17,29H,1,7-8,16H2,2-3H3,(H,35,39)(H,38,40)/b19-12+. The quantitative estimate of drug-likeness (QED) is 0.412. The van der Waals surface area contributed by atoms with Crippen LogP contribution in [0.2, 0.25) is 0 Å². The lowest BCUT2D eigenvalue weighted by Crippen LogP contribution is -2.31. The van der Waals surface area contributed by atoms with Crippen molar-refractivity contribution < 1.29 is 18.4 Å². The summed E-state index contributed by atoms with van der Waals surface area (Å²) < 4.78 is 27.7. The monoisotopic (exact) mass is 539 g/mol. The number of nitriles is 1. The summed E-state index contributed by atoms with van der Waals surface area (Å²) in [5.74, 6) is -1.91. The SMILES string of the molecule is C=CC1=C(/C=C(\C)F)C(NC(=O)c2cc(C(=O)NCc3ccc(F)c(C)c3)ncn2)c2ccc(C#N)cc2CC1. The van der Waals surface area contributed by atoms with Gasteiger partial charge in [0.1, 0.15) is 23.5 Å². The summed E-state index contributed by atoms with van der Waals surface area (Å²) in [6.07, 6.45) is 5.24. The molecule has 7 nitrogen and oxygen atoms in total. The lowest BCUT2D eigenvalue weighted by atomic mass is 9.92. The number of benzene rings is 2. The molecule has 3 aromatic rings. The fourth-order valence-electron chi connectivity index (χ4n) is 4.61. The van der Waals surface area contributed by atoms with Crippen LogP contribution in [0.15, 0.2) is 84.5 Å². The molecule has 0 saturated heterocycles. The first kappa shape index (κ1) is 28.0. The molecule has 9 heteroatoms. The van der Waals surface area contributed by atoms with Gasteiger partial charge in [-0.25, -0.2) is 18.7 Å². The number of carbonyl (C=O) groups is 2. The maximum Gasteiger partial charge on any atom is 0.270 e. The number of hydrogen-bond donors (Lipinski definition) is 2. The van der Waals surface area contributed by atoms with E-state index in [1.165, 1.54) is 25.1 Å². The van der Waals surface area contributed by atoms with Crippen molar-refractivity contribution >= 4 is 11.8 Å². The zero-order valence-corrected chi connectivity index (χ0v) is 22.1. The Morgan fingerprint density at radius 3 is 2.55 bits per heavy atom. The molecule has 1 heterocycles. The molecule has 1 aliphatic carbocycles. The highest BCUT2D eigenvalue weighted by Crippen LogP contribution is 2.36. The van der Waals surface area contributed by atoms with Gasteiger partial charge in [-0.05, 0) is 84.4 Å². The molecular formula is C31H27F2N5O2. The van der Waals surface area contributed by atoms with Crippen LogP contribution in [0.5, 0.6) is 0 Å². The van der Waals surface area contributed by atoms with Crippen molar-refractivity contribution in [1.29, 1.82) is 5.26 Å². The average molecular weight is 540 g/mol. The Labute approximate surface area is 231 Å². The van der Waals surface area contributed by atoms with E-state index in [4.69, 9.17) is 0 Å². The number of aryl methyl sites for hydroxylation is 2. The highest BCUT2D eigenvalue weighted by Gasteiger charge is 2.27. The van der Waals surface area contributed by atoms with E-state index in [1.807, 2.05) is 0 Å². The van der Waals surface area contributed by atoms with Crippen molar-refractivity contribution in [3.63, 3.8) is 0 Å². The van der Waals surface area contributed by atoms with Crippen molar-refractivity contribution in [1.82, 2.24) is 20.6 Å². The predicted octanol–water partition coefficient (Wildman–Crippen LogP) is 5.50. The second kappa shape index (κ2) is 12.3. The number of fused-ring (bicyclic) bond motifs is 1. The van der Waals surface area contributed by atoms with Crippen molar-refractivity contribution in [3.8, 4) is 6.07 Å². The molecule has 0 radical (unpaired) electrons. The van der Waals surface area contributed by atoms with Gasteiger partial charge in [-0.3, -0.25) is 9.59 Å². The second-order valence-corrected chi connectivity index (χ2v) is 9.40. The van der Waals surface area contributed by atoms with E-state index in [-0.39, 0.29) is 23.7 Å². The average Bonchev–Trinajstić information content (AvgIpc) is 3.09. The maximum atomic E-state index is 14.2. The molecular weight excluding hydrogens is 512 g/mol. The topological polar surface area (TPSA) is 108 Å². The number of hydrogen-bond acceptors (Lipinski definition) is 5. The van der Waals surface area contributed by atoms with Crippen LogP contribution in [-0.2, 0) is 13.0 Å². The Morgan fingerprint density at radius 2 is 1.88 bits per heavy atom. The summed E-state index contributed by atoms with van der Waals surface area (Å²) in [7, 11) is 0. The molecule has 2 amide bonds. The summed E-state index contributed by atoms with van der Waals surface area (Å²) in [5, 5.41) is 15.0. The number of carbonyl (C=O) groups excluding carboxylic acids is 2. The van der Waals surface area contributed by atoms with Crippen LogP contribution < -0.4 is 10.6 Å². The molecule has 0 bridgehead atoms. The first-order valence-corrected chi connectivity index (χ1v) is 12.6. The molecule has 4 rings (SSSR count). The van der Waals surface area contributed by atoms with Gasteiger partial charge in [0.25, 0.3) is 11.8 Å². The highest BCUT2D eigenvalue weighted by atomic mass is 19.1. The summed E-state index contributed by atoms with van der Waals surface area (Å²) in [4.78, 5) is 34.2. The van der Waals surface area contributed by atoms with Gasteiger partial charge in [0.05, 0.1) is 23.5 Å². The first-order valence-electron chi connectivity index (χ1n) is 12.6. The zero-order valence-electron chi connectivity index (χ0n) is 22.1. The Bertz CT molecular complexity index is 1600. The zero-order chi connectivity index (χ0) is 28.8. The lowest BCUT2D eigenvalue weighted by molar-refractivity contribution is 0.0937. The number of allylic oxidation sites excluding steroid dienone is 3. The number of halogens is 2. The minimum atomic E-state index is -0.759. The molecule has 2 N–H and O–H groups in total. The fourth-order valence-corrected chi connectivity index (χ4v) is 4.61. The molecule has 40 heavy (non-hydrogen) atoms. The van der Waals surface area contributed by atoms with Crippen LogP contribution in [0, 0.1) is 24.1 Å². The van der Waals surface area contributed by atoms with Gasteiger partial charge in [-0.2, -0.15) is 5.26 Å². The van der Waals surface area contributed by atoms with Crippen LogP contribution >= 0.6 is 0 Å². The third-order valence-corrected chi connectivity index (χ3v) is 6.61. The number of amides is 2. The Hall–Kier alpha value is -4.97. The minimum Gasteiger partial charge on any atom is -0.347 e. The van der Waals surface area contributed by atoms with Gasteiger partial charge < -0.3 is 10.6 Å². The minimum absolute atomic E-state index is 0.0269. The number of nitrogens with one attached hydrogen (secondary N) is 2. The first-order chi connectivity index (χ1) is 19.2. The molecule has 1 aromatic heterocycles. The van der Waals surface area contributed by atoms with E-state index in [1.54, 1.807) is 43.3 Å². The third-order valence-electron chi connectivity index (χ3n) is 6.61. The number of nitrogens with zero attached hydrogens (tertiary/aromatic N) is 3. The molecule has 1 aliphatic rings. The molecule has 1 unspecified atom stereocenters. The largest absolute Gasteiger partial charge is 0.347 e. The van der Waals surface area contributed by atoms with Crippen LogP contribution in [0.3, 0.4) is 0 Å². The fraction of sp³-hybridized carbons (Fsp3) is 0.194. The van der Waals surface area contributed by atoms with Crippen molar-refractivity contribution in [2.45, 2.75) is 39.3 Å². The van der Waals surface area contributed by atoms with Gasteiger partial charge in [-0.1, -0.05) is 30.9 Å². The van der Waals surface area contributed by atoms with Gasteiger partial charge in [0.2, 0.25) is 0 Å².